The SMILES string of the molecule is CCOc1cccc(CNc2cc(Cl)nc(COC)n2)c1. The van der Waals surface area contributed by atoms with E-state index in [1.54, 1.807) is 13.2 Å². The number of rotatable bonds is 7. The lowest BCUT2D eigenvalue weighted by molar-refractivity contribution is 0.178. The van der Waals surface area contributed by atoms with Gasteiger partial charge >= 0.3 is 0 Å². The fraction of sp³-hybridized carbons (Fsp3) is 0.333. The molecule has 1 aromatic carbocycles. The second kappa shape index (κ2) is 7.81. The van der Waals surface area contributed by atoms with Crippen molar-refractivity contribution in [2.24, 2.45) is 0 Å². The highest BCUT2D eigenvalue weighted by Gasteiger charge is 2.03. The van der Waals surface area contributed by atoms with Crippen molar-refractivity contribution in [3.8, 4) is 5.75 Å². The smallest absolute Gasteiger partial charge is 0.158 e. The van der Waals surface area contributed by atoms with Gasteiger partial charge in [-0.1, -0.05) is 23.7 Å². The first kappa shape index (κ1) is 15.5. The molecule has 1 aromatic heterocycles. The summed E-state index contributed by atoms with van der Waals surface area (Å²) < 4.78 is 10.5. The number of halogens is 1. The van der Waals surface area contributed by atoms with Crippen LogP contribution in [0.2, 0.25) is 5.15 Å². The molecule has 112 valence electrons. The maximum absolute atomic E-state index is 5.97. The van der Waals surface area contributed by atoms with Gasteiger partial charge in [0.05, 0.1) is 6.61 Å². The van der Waals surface area contributed by atoms with Gasteiger partial charge in [0, 0.05) is 19.7 Å². The Kier molecular flexibility index (Phi) is 5.78. The Morgan fingerprint density at radius 3 is 2.86 bits per heavy atom. The molecule has 0 spiro atoms. The van der Waals surface area contributed by atoms with Gasteiger partial charge in [0.2, 0.25) is 0 Å². The molecule has 0 aliphatic carbocycles. The Bertz CT molecular complexity index is 593. The fourth-order valence-corrected chi connectivity index (χ4v) is 2.05. The lowest BCUT2D eigenvalue weighted by atomic mass is 10.2. The number of anilines is 1. The molecule has 0 amide bonds. The molecular weight excluding hydrogens is 290 g/mol. The van der Waals surface area contributed by atoms with Crippen LogP contribution in [-0.4, -0.2) is 23.7 Å². The first-order chi connectivity index (χ1) is 10.2. The molecular formula is C15H18ClN3O2. The van der Waals surface area contributed by atoms with Gasteiger partial charge in [0.1, 0.15) is 23.3 Å². The summed E-state index contributed by atoms with van der Waals surface area (Å²) in [5, 5.41) is 3.61. The van der Waals surface area contributed by atoms with Gasteiger partial charge in [-0.25, -0.2) is 9.97 Å². The molecule has 0 aliphatic heterocycles. The maximum Gasteiger partial charge on any atom is 0.158 e. The van der Waals surface area contributed by atoms with Crippen LogP contribution in [0.4, 0.5) is 5.82 Å². The number of methoxy groups -OCH3 is 1. The van der Waals surface area contributed by atoms with Crippen LogP contribution < -0.4 is 10.1 Å². The predicted molar refractivity (Wildman–Crippen MR) is 82.7 cm³/mol. The Morgan fingerprint density at radius 2 is 2.10 bits per heavy atom. The summed E-state index contributed by atoms with van der Waals surface area (Å²) in [4.78, 5) is 8.42. The van der Waals surface area contributed by atoms with E-state index in [9.17, 15) is 0 Å². The van der Waals surface area contributed by atoms with Crippen molar-refractivity contribution in [3.63, 3.8) is 0 Å². The van der Waals surface area contributed by atoms with Crippen LogP contribution in [0.15, 0.2) is 30.3 Å². The summed E-state index contributed by atoms with van der Waals surface area (Å²) in [5.74, 6) is 2.08. The lowest BCUT2D eigenvalue weighted by Crippen LogP contribution is -2.05. The van der Waals surface area contributed by atoms with Crippen LogP contribution in [-0.2, 0) is 17.9 Å². The monoisotopic (exact) mass is 307 g/mol. The van der Waals surface area contributed by atoms with Crippen molar-refractivity contribution in [2.75, 3.05) is 19.0 Å². The van der Waals surface area contributed by atoms with Crippen LogP contribution in [0.3, 0.4) is 0 Å². The van der Waals surface area contributed by atoms with Gasteiger partial charge < -0.3 is 14.8 Å². The van der Waals surface area contributed by atoms with E-state index in [2.05, 4.69) is 15.3 Å². The molecule has 1 heterocycles. The molecule has 21 heavy (non-hydrogen) atoms. The second-order valence-corrected chi connectivity index (χ2v) is 4.75. The minimum absolute atomic E-state index is 0.328. The van der Waals surface area contributed by atoms with Crippen LogP contribution in [0.1, 0.15) is 18.3 Å². The highest BCUT2D eigenvalue weighted by molar-refractivity contribution is 6.29. The van der Waals surface area contributed by atoms with Crippen molar-refractivity contribution in [1.29, 1.82) is 0 Å². The minimum Gasteiger partial charge on any atom is -0.494 e. The number of nitrogens with one attached hydrogen (secondary N) is 1. The van der Waals surface area contributed by atoms with E-state index in [1.807, 2.05) is 31.2 Å². The second-order valence-electron chi connectivity index (χ2n) is 4.36. The Labute approximate surface area is 129 Å². The average molecular weight is 308 g/mol. The van der Waals surface area contributed by atoms with E-state index in [4.69, 9.17) is 21.1 Å². The molecule has 5 nitrogen and oxygen atoms in total. The third-order valence-electron chi connectivity index (χ3n) is 2.70. The Hall–Kier alpha value is -1.85. The number of hydrogen-bond donors (Lipinski definition) is 1. The highest BCUT2D eigenvalue weighted by Crippen LogP contribution is 2.16. The molecule has 0 radical (unpaired) electrons. The normalized spacial score (nSPS) is 10.4. The fourth-order valence-electron chi connectivity index (χ4n) is 1.85. The highest BCUT2D eigenvalue weighted by atomic mass is 35.5. The summed E-state index contributed by atoms with van der Waals surface area (Å²) in [6.07, 6.45) is 0. The first-order valence-corrected chi connectivity index (χ1v) is 7.07. The molecule has 0 saturated heterocycles. The number of benzene rings is 1. The van der Waals surface area contributed by atoms with Gasteiger partial charge in [0.15, 0.2) is 5.82 Å². The summed E-state index contributed by atoms with van der Waals surface area (Å²) in [6.45, 7) is 3.57. The average Bonchev–Trinajstić information content (AvgIpc) is 2.46. The van der Waals surface area contributed by atoms with Crippen LogP contribution in [0.5, 0.6) is 5.75 Å². The molecule has 1 N–H and O–H groups in total. The van der Waals surface area contributed by atoms with Crippen LogP contribution >= 0.6 is 11.6 Å². The predicted octanol–water partition coefficient (Wildman–Crippen LogP) is 3.29. The molecule has 2 aromatic rings. The van der Waals surface area contributed by atoms with Crippen molar-refractivity contribution in [2.45, 2.75) is 20.1 Å². The first-order valence-electron chi connectivity index (χ1n) is 6.69. The van der Waals surface area contributed by atoms with E-state index in [0.717, 1.165) is 11.3 Å². The maximum atomic E-state index is 5.97. The third-order valence-corrected chi connectivity index (χ3v) is 2.89. The summed E-state index contributed by atoms with van der Waals surface area (Å²) in [5.41, 5.74) is 1.10. The molecule has 0 saturated carbocycles. The summed E-state index contributed by atoms with van der Waals surface area (Å²) in [6, 6.07) is 9.60. The molecule has 0 atom stereocenters. The Morgan fingerprint density at radius 1 is 1.24 bits per heavy atom. The molecule has 0 unspecified atom stereocenters. The van der Waals surface area contributed by atoms with Crippen molar-refractivity contribution in [1.82, 2.24) is 9.97 Å². The van der Waals surface area contributed by atoms with E-state index in [1.165, 1.54) is 0 Å². The zero-order chi connectivity index (χ0) is 15.1. The molecule has 2 rings (SSSR count). The zero-order valence-electron chi connectivity index (χ0n) is 12.1. The molecule has 0 fully saturated rings. The summed E-state index contributed by atoms with van der Waals surface area (Å²) >= 11 is 5.97. The lowest BCUT2D eigenvalue weighted by Gasteiger charge is -2.09. The van der Waals surface area contributed by atoms with Crippen molar-refractivity contribution >= 4 is 17.4 Å². The minimum atomic E-state index is 0.328. The van der Waals surface area contributed by atoms with E-state index < -0.39 is 0 Å². The number of ether oxygens (including phenoxy) is 2. The number of aromatic nitrogens is 2. The number of hydrogen-bond acceptors (Lipinski definition) is 5. The quantitative estimate of drug-likeness (QED) is 0.796. The number of nitrogens with zero attached hydrogens (tertiary/aromatic N) is 2. The van der Waals surface area contributed by atoms with Gasteiger partial charge in [-0.2, -0.15) is 0 Å². The summed E-state index contributed by atoms with van der Waals surface area (Å²) in [7, 11) is 1.59. The van der Waals surface area contributed by atoms with E-state index in [0.29, 0.717) is 36.6 Å². The van der Waals surface area contributed by atoms with Gasteiger partial charge in [0.25, 0.3) is 0 Å². The largest absolute Gasteiger partial charge is 0.494 e. The van der Waals surface area contributed by atoms with Crippen molar-refractivity contribution in [3.05, 3.63) is 46.9 Å². The Balaban J connectivity index is 2.03. The molecule has 0 aliphatic rings. The zero-order valence-corrected chi connectivity index (χ0v) is 12.9. The van der Waals surface area contributed by atoms with Gasteiger partial charge in [-0.3, -0.25) is 0 Å². The third kappa shape index (κ3) is 4.88. The topological polar surface area (TPSA) is 56.3 Å². The van der Waals surface area contributed by atoms with Gasteiger partial charge in [-0.05, 0) is 24.6 Å². The molecule has 6 heteroatoms. The van der Waals surface area contributed by atoms with Crippen molar-refractivity contribution < 1.29 is 9.47 Å². The van der Waals surface area contributed by atoms with Crippen LogP contribution in [0, 0.1) is 0 Å². The molecule has 0 bridgehead atoms. The van der Waals surface area contributed by atoms with E-state index >= 15 is 0 Å². The van der Waals surface area contributed by atoms with E-state index in [-0.39, 0.29) is 0 Å². The standard InChI is InChI=1S/C15H18ClN3O2/c1-3-21-12-6-4-5-11(7-12)9-17-14-8-13(16)18-15(19-14)10-20-2/h4-8H,3,9-10H2,1-2H3,(H,17,18,19). The van der Waals surface area contributed by atoms with Gasteiger partial charge in [-0.15, -0.1) is 0 Å². The van der Waals surface area contributed by atoms with Crippen LogP contribution in [0.25, 0.3) is 0 Å².